The monoisotopic (exact) mass is 442 g/mol. The fraction of sp³-hybridized carbons (Fsp3) is 0.520. The molecule has 168 valence electrons. The van der Waals surface area contributed by atoms with Crippen LogP contribution in [0.25, 0.3) is 0 Å². The highest BCUT2D eigenvalue weighted by molar-refractivity contribution is 7.91. The molecule has 1 saturated heterocycles. The van der Waals surface area contributed by atoms with E-state index in [0.29, 0.717) is 16.7 Å². The number of sulfone groups is 1. The summed E-state index contributed by atoms with van der Waals surface area (Å²) in [6, 6.07) is 15.1. The average Bonchev–Trinajstić information content (AvgIpc) is 2.84. The van der Waals surface area contributed by atoms with Crippen LogP contribution in [0.3, 0.4) is 0 Å². The van der Waals surface area contributed by atoms with Crippen LogP contribution >= 0.6 is 0 Å². The first-order chi connectivity index (χ1) is 15.0. The smallest absolute Gasteiger partial charge is 0.206 e. The van der Waals surface area contributed by atoms with Crippen molar-refractivity contribution in [3.05, 3.63) is 48.5 Å². The minimum absolute atomic E-state index is 0.282. The van der Waals surface area contributed by atoms with E-state index >= 15 is 0 Å². The standard InChI is InChI=1S/C25H34N2O3S/c1-26(21-16-18-27(19-17-21)22-6-4-3-5-7-22)20-8-12-24(13-9-20)31(28,29)25-14-10-23(30-2)11-15-25/h8-15,21-22H,3-7,16-19H2,1-2H3. The Labute approximate surface area is 186 Å². The Kier molecular flexibility index (Phi) is 6.87. The molecule has 4 rings (SSSR count). The maximum Gasteiger partial charge on any atom is 0.206 e. The van der Waals surface area contributed by atoms with Crippen molar-refractivity contribution in [1.29, 1.82) is 0 Å². The van der Waals surface area contributed by atoms with Gasteiger partial charge in [-0.2, -0.15) is 0 Å². The Morgan fingerprint density at radius 1 is 0.839 bits per heavy atom. The number of benzene rings is 2. The molecule has 0 atom stereocenters. The van der Waals surface area contributed by atoms with Gasteiger partial charge in [0.05, 0.1) is 16.9 Å². The van der Waals surface area contributed by atoms with Gasteiger partial charge in [0.25, 0.3) is 0 Å². The lowest BCUT2D eigenvalue weighted by Crippen LogP contribution is -2.47. The van der Waals surface area contributed by atoms with Crippen molar-refractivity contribution in [2.45, 2.75) is 66.8 Å². The highest BCUT2D eigenvalue weighted by Gasteiger charge is 2.28. The van der Waals surface area contributed by atoms with Crippen LogP contribution in [0.15, 0.2) is 58.3 Å². The van der Waals surface area contributed by atoms with E-state index in [0.717, 1.165) is 11.7 Å². The molecule has 0 bridgehead atoms. The van der Waals surface area contributed by atoms with Gasteiger partial charge in [-0.05, 0) is 74.2 Å². The second-order valence-corrected chi connectivity index (χ2v) is 10.8. The molecule has 31 heavy (non-hydrogen) atoms. The van der Waals surface area contributed by atoms with Gasteiger partial charge >= 0.3 is 0 Å². The molecule has 1 aliphatic heterocycles. The molecule has 0 unspecified atom stereocenters. The van der Waals surface area contributed by atoms with E-state index in [-0.39, 0.29) is 4.90 Å². The van der Waals surface area contributed by atoms with Gasteiger partial charge in [0.2, 0.25) is 9.84 Å². The number of likely N-dealkylation sites (tertiary alicyclic amines) is 1. The summed E-state index contributed by atoms with van der Waals surface area (Å²) in [5.74, 6) is 0.644. The number of piperidine rings is 1. The van der Waals surface area contributed by atoms with E-state index in [2.05, 4.69) is 16.8 Å². The van der Waals surface area contributed by atoms with Crippen molar-refractivity contribution >= 4 is 15.5 Å². The van der Waals surface area contributed by atoms with Gasteiger partial charge in [0, 0.05) is 37.9 Å². The molecule has 6 heteroatoms. The third-order valence-electron chi connectivity index (χ3n) is 7.06. The Hall–Kier alpha value is -2.05. The van der Waals surface area contributed by atoms with Crippen molar-refractivity contribution in [3.8, 4) is 5.75 Å². The maximum atomic E-state index is 12.9. The fourth-order valence-electron chi connectivity index (χ4n) is 5.05. The quantitative estimate of drug-likeness (QED) is 0.645. The van der Waals surface area contributed by atoms with E-state index < -0.39 is 9.84 Å². The van der Waals surface area contributed by atoms with Gasteiger partial charge in [0.1, 0.15) is 5.75 Å². The molecule has 2 aromatic rings. The topological polar surface area (TPSA) is 49.9 Å². The zero-order chi connectivity index (χ0) is 21.8. The highest BCUT2D eigenvalue weighted by Crippen LogP contribution is 2.29. The first kappa shape index (κ1) is 22.2. The van der Waals surface area contributed by atoms with Gasteiger partial charge in [-0.15, -0.1) is 0 Å². The lowest BCUT2D eigenvalue weighted by Gasteiger charge is -2.42. The molecule has 1 heterocycles. The Morgan fingerprint density at radius 2 is 1.39 bits per heavy atom. The molecule has 2 aromatic carbocycles. The van der Waals surface area contributed by atoms with Crippen molar-refractivity contribution in [2.75, 3.05) is 32.1 Å². The SMILES string of the molecule is COc1ccc(S(=O)(=O)c2ccc(N(C)C3CCN(C4CCCCC4)CC3)cc2)cc1. The van der Waals surface area contributed by atoms with Gasteiger partial charge in [-0.3, -0.25) is 0 Å². The summed E-state index contributed by atoms with van der Waals surface area (Å²) in [7, 11) is 0.169. The van der Waals surface area contributed by atoms with Crippen LogP contribution in [-0.2, 0) is 9.84 Å². The van der Waals surface area contributed by atoms with E-state index in [1.54, 1.807) is 43.5 Å². The molecule has 0 spiro atoms. The highest BCUT2D eigenvalue weighted by atomic mass is 32.2. The number of methoxy groups -OCH3 is 1. The number of nitrogens with zero attached hydrogens (tertiary/aromatic N) is 2. The molecule has 1 aliphatic carbocycles. The Balaban J connectivity index is 1.39. The van der Waals surface area contributed by atoms with Gasteiger partial charge in [-0.1, -0.05) is 19.3 Å². The van der Waals surface area contributed by atoms with Crippen LogP contribution in [0.2, 0.25) is 0 Å². The second kappa shape index (κ2) is 9.61. The van der Waals surface area contributed by atoms with Gasteiger partial charge < -0.3 is 14.5 Å². The molecule has 1 saturated carbocycles. The fourth-order valence-corrected chi connectivity index (χ4v) is 6.31. The summed E-state index contributed by atoms with van der Waals surface area (Å²) in [6.45, 7) is 2.34. The molecule has 0 N–H and O–H groups in total. The Bertz CT molecular complexity index is 943. The Morgan fingerprint density at radius 3 is 1.94 bits per heavy atom. The first-order valence-electron chi connectivity index (χ1n) is 11.4. The molecule has 0 radical (unpaired) electrons. The normalized spacial score (nSPS) is 19.3. The molecule has 5 nitrogen and oxygen atoms in total. The van der Waals surface area contributed by atoms with E-state index in [9.17, 15) is 8.42 Å². The summed E-state index contributed by atoms with van der Waals surface area (Å²) in [6.07, 6.45) is 9.24. The van der Waals surface area contributed by atoms with Crippen molar-refractivity contribution in [3.63, 3.8) is 0 Å². The van der Waals surface area contributed by atoms with Crippen LogP contribution in [0, 0.1) is 0 Å². The molecule has 0 amide bonds. The molecule has 0 aromatic heterocycles. The number of rotatable bonds is 6. The summed E-state index contributed by atoms with van der Waals surface area (Å²) in [5.41, 5.74) is 1.07. The van der Waals surface area contributed by atoms with Crippen LogP contribution in [-0.4, -0.2) is 52.6 Å². The zero-order valence-electron chi connectivity index (χ0n) is 18.7. The molecule has 2 aliphatic rings. The number of anilines is 1. The molecular formula is C25H34N2O3S. The second-order valence-electron chi connectivity index (χ2n) is 8.84. The van der Waals surface area contributed by atoms with Gasteiger partial charge in [-0.25, -0.2) is 8.42 Å². The van der Waals surface area contributed by atoms with Crippen molar-refractivity contribution < 1.29 is 13.2 Å². The van der Waals surface area contributed by atoms with Crippen LogP contribution in [0.1, 0.15) is 44.9 Å². The number of hydrogen-bond donors (Lipinski definition) is 0. The van der Waals surface area contributed by atoms with Crippen LogP contribution in [0.5, 0.6) is 5.75 Å². The zero-order valence-corrected chi connectivity index (χ0v) is 19.5. The maximum absolute atomic E-state index is 12.9. The van der Waals surface area contributed by atoms with E-state index in [4.69, 9.17) is 4.74 Å². The van der Waals surface area contributed by atoms with E-state index in [1.165, 1.54) is 58.0 Å². The number of hydrogen-bond acceptors (Lipinski definition) is 5. The minimum atomic E-state index is -3.53. The minimum Gasteiger partial charge on any atom is -0.497 e. The molecule has 2 fully saturated rings. The van der Waals surface area contributed by atoms with Crippen molar-refractivity contribution in [1.82, 2.24) is 4.90 Å². The lowest BCUT2D eigenvalue weighted by atomic mass is 9.92. The van der Waals surface area contributed by atoms with Crippen molar-refractivity contribution in [2.24, 2.45) is 0 Å². The third kappa shape index (κ3) is 4.90. The first-order valence-corrected chi connectivity index (χ1v) is 12.9. The lowest BCUT2D eigenvalue weighted by molar-refractivity contribution is 0.122. The van der Waals surface area contributed by atoms with Crippen LogP contribution < -0.4 is 9.64 Å². The summed E-state index contributed by atoms with van der Waals surface area (Å²) in [5, 5.41) is 0. The van der Waals surface area contributed by atoms with Crippen LogP contribution in [0.4, 0.5) is 5.69 Å². The predicted octanol–water partition coefficient (Wildman–Crippen LogP) is 4.76. The predicted molar refractivity (Wildman–Crippen MR) is 125 cm³/mol. The summed E-state index contributed by atoms with van der Waals surface area (Å²) in [4.78, 5) is 5.63. The number of ether oxygens (including phenoxy) is 1. The third-order valence-corrected chi connectivity index (χ3v) is 8.85. The largest absolute Gasteiger partial charge is 0.497 e. The van der Waals surface area contributed by atoms with Gasteiger partial charge in [0.15, 0.2) is 0 Å². The average molecular weight is 443 g/mol. The van der Waals surface area contributed by atoms with E-state index in [1.807, 2.05) is 12.1 Å². The molecular weight excluding hydrogens is 408 g/mol. The summed E-state index contributed by atoms with van der Waals surface area (Å²) >= 11 is 0. The summed E-state index contributed by atoms with van der Waals surface area (Å²) < 4.78 is 31.0.